The summed E-state index contributed by atoms with van der Waals surface area (Å²) in [7, 11) is 0. The lowest BCUT2D eigenvalue weighted by molar-refractivity contribution is -0.142. The van der Waals surface area contributed by atoms with E-state index in [0.29, 0.717) is 5.69 Å². The number of nitrogens with one attached hydrogen (secondary N) is 5. The van der Waals surface area contributed by atoms with Gasteiger partial charge in [-0.2, -0.15) is 0 Å². The van der Waals surface area contributed by atoms with Crippen molar-refractivity contribution in [1.82, 2.24) is 31.2 Å². The highest BCUT2D eigenvalue weighted by molar-refractivity contribution is 5.94. The van der Waals surface area contributed by atoms with Gasteiger partial charge in [-0.25, -0.2) is 9.78 Å². The van der Waals surface area contributed by atoms with Crippen molar-refractivity contribution in [3.8, 4) is 0 Å². The molecule has 0 bridgehead atoms. The van der Waals surface area contributed by atoms with Crippen molar-refractivity contribution in [3.05, 3.63) is 18.2 Å². The minimum absolute atomic E-state index is 0.00684. The van der Waals surface area contributed by atoms with E-state index in [1.54, 1.807) is 0 Å². The summed E-state index contributed by atoms with van der Waals surface area (Å²) in [5.41, 5.74) is 16.1. The summed E-state index contributed by atoms with van der Waals surface area (Å²) in [5, 5.41) is 27.5. The highest BCUT2D eigenvalue weighted by Gasteiger charge is 2.28. The van der Waals surface area contributed by atoms with Gasteiger partial charge in [0, 0.05) is 24.9 Å². The Morgan fingerprint density at radius 2 is 1.66 bits per heavy atom. The molecule has 0 unspecified atom stereocenters. The zero-order chi connectivity index (χ0) is 28.7. The number of guanidine groups is 1. The van der Waals surface area contributed by atoms with Crippen LogP contribution in [-0.4, -0.2) is 99.5 Å². The van der Waals surface area contributed by atoms with E-state index in [9.17, 15) is 33.9 Å². The van der Waals surface area contributed by atoms with Crippen molar-refractivity contribution >= 4 is 41.5 Å². The fourth-order valence-corrected chi connectivity index (χ4v) is 3.03. The van der Waals surface area contributed by atoms with E-state index < -0.39 is 73.2 Å². The molecule has 0 fully saturated rings. The van der Waals surface area contributed by atoms with E-state index in [0.717, 1.165) is 0 Å². The number of rotatable bonds is 17. The molecule has 0 saturated heterocycles. The second kappa shape index (κ2) is 16.1. The lowest BCUT2D eigenvalue weighted by atomic mass is 10.1. The van der Waals surface area contributed by atoms with E-state index >= 15 is 0 Å². The van der Waals surface area contributed by atoms with Crippen molar-refractivity contribution in [2.45, 2.75) is 43.8 Å². The molecule has 0 radical (unpaired) electrons. The molecule has 18 heteroatoms. The molecule has 1 rings (SSSR count). The lowest BCUT2D eigenvalue weighted by Crippen LogP contribution is -2.55. The second-order valence-corrected chi connectivity index (χ2v) is 7.89. The number of nitrogens with zero attached hydrogens (tertiary/aromatic N) is 2. The summed E-state index contributed by atoms with van der Waals surface area (Å²) in [6, 6.07) is -4.07. The third-order valence-electron chi connectivity index (χ3n) is 4.83. The van der Waals surface area contributed by atoms with E-state index in [4.69, 9.17) is 22.3 Å². The van der Waals surface area contributed by atoms with Crippen LogP contribution in [0.5, 0.6) is 0 Å². The van der Waals surface area contributed by atoms with Gasteiger partial charge in [-0.05, 0) is 12.8 Å². The normalized spacial score (nSPS) is 12.8. The van der Waals surface area contributed by atoms with Gasteiger partial charge in [0.2, 0.25) is 23.6 Å². The smallest absolute Gasteiger partial charge is 0.326 e. The standard InChI is InChI=1S/C20H32N10O8/c21-6-14(31)29-12(5-16(33)34)17(35)26-8-15(32)28-11(2-1-3-25-20(22)23)18(36)30-13(19(37)38)4-10-7-24-9-27-10/h7,9,11-13H,1-6,8,21H2,(H,24,27)(H,26,35)(H,28,32)(H,29,31)(H,30,36)(H,33,34)(H,37,38)(H4,22,23,25)/t11-,12-,13-/m0/s1. The van der Waals surface area contributed by atoms with Crippen molar-refractivity contribution < 1.29 is 39.0 Å². The molecule has 18 nitrogen and oxygen atoms in total. The van der Waals surface area contributed by atoms with E-state index in [2.05, 4.69) is 36.2 Å². The summed E-state index contributed by atoms with van der Waals surface area (Å²) in [6.45, 7) is -1.05. The van der Waals surface area contributed by atoms with Gasteiger partial charge in [0.25, 0.3) is 0 Å². The van der Waals surface area contributed by atoms with Crippen molar-refractivity contribution in [2.75, 3.05) is 19.6 Å². The summed E-state index contributed by atoms with van der Waals surface area (Å²) < 4.78 is 0. The molecule has 3 atom stereocenters. The largest absolute Gasteiger partial charge is 0.481 e. The Labute approximate surface area is 216 Å². The Hall–Kier alpha value is -4.74. The molecule has 4 amide bonds. The van der Waals surface area contributed by atoms with Gasteiger partial charge in [0.05, 0.1) is 25.8 Å². The predicted octanol–water partition coefficient (Wildman–Crippen LogP) is -4.91. The molecule has 0 saturated carbocycles. The van der Waals surface area contributed by atoms with Gasteiger partial charge in [0.1, 0.15) is 18.1 Å². The van der Waals surface area contributed by atoms with Crippen LogP contribution >= 0.6 is 0 Å². The molecule has 0 spiro atoms. The highest BCUT2D eigenvalue weighted by atomic mass is 16.4. The first kappa shape index (κ1) is 31.3. The minimum Gasteiger partial charge on any atom is -0.481 e. The number of carboxylic acids is 2. The number of hydrogen-bond donors (Lipinski definition) is 10. The number of carbonyl (C=O) groups is 6. The molecule has 210 valence electrons. The first-order chi connectivity index (χ1) is 17.9. The van der Waals surface area contributed by atoms with Gasteiger partial charge in [0.15, 0.2) is 5.96 Å². The summed E-state index contributed by atoms with van der Waals surface area (Å²) >= 11 is 0. The number of hydrogen-bond acceptors (Lipinski definition) is 9. The molecule has 1 aromatic rings. The molecule has 0 aliphatic rings. The van der Waals surface area contributed by atoms with Crippen molar-refractivity contribution in [2.24, 2.45) is 22.2 Å². The number of carboxylic acid groups (broad SMARTS) is 2. The average Bonchev–Trinajstić information content (AvgIpc) is 3.36. The van der Waals surface area contributed by atoms with Crippen molar-refractivity contribution in [1.29, 1.82) is 0 Å². The molecule has 1 heterocycles. The van der Waals surface area contributed by atoms with Crippen LogP contribution in [0.4, 0.5) is 0 Å². The van der Waals surface area contributed by atoms with Gasteiger partial charge >= 0.3 is 11.9 Å². The third-order valence-corrected chi connectivity index (χ3v) is 4.83. The van der Waals surface area contributed by atoms with Crippen LogP contribution < -0.4 is 38.5 Å². The van der Waals surface area contributed by atoms with E-state index in [1.165, 1.54) is 12.5 Å². The van der Waals surface area contributed by atoms with Gasteiger partial charge in [-0.15, -0.1) is 0 Å². The molecule has 0 aromatic carbocycles. The topological polar surface area (TPSA) is 310 Å². The molecular formula is C20H32N10O8. The van der Waals surface area contributed by atoms with Crippen LogP contribution in [0.3, 0.4) is 0 Å². The Kier molecular flexibility index (Phi) is 13.3. The van der Waals surface area contributed by atoms with E-state index in [-0.39, 0.29) is 31.8 Å². The first-order valence-electron chi connectivity index (χ1n) is 11.3. The zero-order valence-electron chi connectivity index (χ0n) is 20.3. The number of amides is 4. The van der Waals surface area contributed by atoms with Gasteiger partial charge in [-0.1, -0.05) is 0 Å². The maximum Gasteiger partial charge on any atom is 0.326 e. The van der Waals surface area contributed by atoms with E-state index in [1.807, 2.05) is 0 Å². The molecule has 0 aliphatic carbocycles. The second-order valence-electron chi connectivity index (χ2n) is 7.89. The Morgan fingerprint density at radius 3 is 2.21 bits per heavy atom. The molecule has 1 aromatic heterocycles. The summed E-state index contributed by atoms with van der Waals surface area (Å²) in [5.74, 6) is -6.30. The quantitative estimate of drug-likeness (QED) is 0.0505. The number of aromatic nitrogens is 2. The van der Waals surface area contributed by atoms with Gasteiger partial charge in [-0.3, -0.25) is 29.0 Å². The van der Waals surface area contributed by atoms with Crippen LogP contribution in [0.15, 0.2) is 17.5 Å². The number of imidazole rings is 1. The summed E-state index contributed by atoms with van der Waals surface area (Å²) in [6.07, 6.45) is 2.11. The lowest BCUT2D eigenvalue weighted by Gasteiger charge is -2.22. The van der Waals surface area contributed by atoms with Gasteiger partial charge < -0.3 is 53.7 Å². The molecule has 38 heavy (non-hydrogen) atoms. The number of aliphatic carboxylic acids is 2. The maximum absolute atomic E-state index is 12.9. The minimum atomic E-state index is -1.49. The maximum atomic E-state index is 12.9. The van der Waals surface area contributed by atoms with Crippen LogP contribution in [0.25, 0.3) is 0 Å². The third kappa shape index (κ3) is 12.3. The Morgan fingerprint density at radius 1 is 0.974 bits per heavy atom. The summed E-state index contributed by atoms with van der Waals surface area (Å²) in [4.78, 5) is 82.0. The Bertz CT molecular complexity index is 1010. The predicted molar refractivity (Wildman–Crippen MR) is 130 cm³/mol. The molecular weight excluding hydrogens is 508 g/mol. The first-order valence-corrected chi connectivity index (χ1v) is 11.3. The monoisotopic (exact) mass is 540 g/mol. The number of aromatic amines is 1. The number of aliphatic imine (C=N–C) groups is 1. The highest BCUT2D eigenvalue weighted by Crippen LogP contribution is 2.03. The average molecular weight is 541 g/mol. The SMILES string of the molecule is NCC(=O)N[C@@H](CC(=O)O)C(=O)NCC(=O)N[C@@H](CCCN=C(N)N)C(=O)N[C@@H](Cc1cnc[nH]1)C(=O)O. The molecule has 0 aliphatic heterocycles. The molecule has 13 N–H and O–H groups in total. The zero-order valence-corrected chi connectivity index (χ0v) is 20.3. The van der Waals surface area contributed by atoms with Crippen LogP contribution in [0.2, 0.25) is 0 Å². The van der Waals surface area contributed by atoms with Crippen LogP contribution in [-0.2, 0) is 35.2 Å². The fourth-order valence-electron chi connectivity index (χ4n) is 3.03. The fraction of sp³-hybridized carbons (Fsp3) is 0.500. The number of carbonyl (C=O) groups excluding carboxylic acids is 4. The van der Waals surface area contributed by atoms with Crippen molar-refractivity contribution in [3.63, 3.8) is 0 Å². The Balaban J connectivity index is 2.85. The van der Waals surface area contributed by atoms with Crippen LogP contribution in [0, 0.1) is 0 Å². The van der Waals surface area contributed by atoms with Crippen LogP contribution in [0.1, 0.15) is 25.0 Å². The number of nitrogens with two attached hydrogens (primary N) is 3. The number of H-pyrrole nitrogens is 1.